The number of carbonyl (C=O) groups is 1. The van der Waals surface area contributed by atoms with Gasteiger partial charge in [-0.25, -0.2) is 8.42 Å². The van der Waals surface area contributed by atoms with Crippen LogP contribution in [-0.4, -0.2) is 80.8 Å². The zero-order valence-corrected chi connectivity index (χ0v) is 28.5. The number of amides is 1. The molecule has 0 saturated heterocycles. The van der Waals surface area contributed by atoms with E-state index in [0.717, 1.165) is 31.4 Å². The highest BCUT2D eigenvalue weighted by Crippen LogP contribution is 2.29. The summed E-state index contributed by atoms with van der Waals surface area (Å²) in [5.74, 6) is -0.0305. The van der Waals surface area contributed by atoms with Crippen molar-refractivity contribution in [3.05, 3.63) is 89.5 Å². The first-order chi connectivity index (χ1) is 22.0. The van der Waals surface area contributed by atoms with Gasteiger partial charge in [0.05, 0.1) is 35.3 Å². The van der Waals surface area contributed by atoms with Gasteiger partial charge in [0.2, 0.25) is 0 Å². The maximum atomic E-state index is 14.4. The van der Waals surface area contributed by atoms with Crippen molar-refractivity contribution in [3.8, 4) is 5.75 Å². The van der Waals surface area contributed by atoms with Crippen LogP contribution in [0.4, 0.5) is 5.69 Å². The Morgan fingerprint density at radius 1 is 1.04 bits per heavy atom. The number of ether oxygens (including phenoxy) is 2. The summed E-state index contributed by atoms with van der Waals surface area (Å²) in [6, 6.07) is 21.2. The van der Waals surface area contributed by atoms with E-state index in [0.29, 0.717) is 25.4 Å². The Bertz CT molecular complexity index is 1520. The van der Waals surface area contributed by atoms with Gasteiger partial charge in [0.15, 0.2) is 0 Å². The van der Waals surface area contributed by atoms with Crippen molar-refractivity contribution < 1.29 is 27.8 Å². The number of fused-ring (bicyclic) bond motifs is 1. The number of anilines is 1. The second-order valence-corrected chi connectivity index (χ2v) is 14.3. The maximum absolute atomic E-state index is 14.4. The SMILES string of the molecule is Cc1ccc(S(=O)(=O)Nc2ccc3c(c2)C(=O)N([C@@H](C)CO)C[C@@H](C)[C@H](CN(C)Cc2ccccc2)OCCCC[C@@H](C)O3)cc1. The number of hydrogen-bond acceptors (Lipinski definition) is 7. The predicted octanol–water partition coefficient (Wildman–Crippen LogP) is 5.72. The molecule has 250 valence electrons. The van der Waals surface area contributed by atoms with Crippen LogP contribution in [0.3, 0.4) is 0 Å². The van der Waals surface area contributed by atoms with Gasteiger partial charge < -0.3 is 19.5 Å². The Morgan fingerprint density at radius 2 is 1.76 bits per heavy atom. The molecule has 4 rings (SSSR count). The minimum absolute atomic E-state index is 0.0642. The number of nitrogens with one attached hydrogen (secondary N) is 1. The van der Waals surface area contributed by atoms with Gasteiger partial charge in [0.1, 0.15) is 5.75 Å². The molecule has 1 amide bonds. The lowest BCUT2D eigenvalue weighted by Gasteiger charge is -2.36. The lowest BCUT2D eigenvalue weighted by atomic mass is 10.0. The molecule has 0 fully saturated rings. The number of aryl methyl sites for hydroxylation is 1. The number of nitrogens with zero attached hydrogens (tertiary/aromatic N) is 2. The Kier molecular flexibility index (Phi) is 12.6. The zero-order chi connectivity index (χ0) is 33.3. The fraction of sp³-hybridized carbons (Fsp3) is 0.472. The van der Waals surface area contributed by atoms with Crippen LogP contribution in [0.1, 0.15) is 61.5 Å². The van der Waals surface area contributed by atoms with E-state index in [1.54, 1.807) is 48.2 Å². The Hall–Kier alpha value is -3.44. The molecule has 0 bridgehead atoms. The van der Waals surface area contributed by atoms with Crippen LogP contribution in [0.15, 0.2) is 77.7 Å². The fourth-order valence-corrected chi connectivity index (χ4v) is 6.70. The number of carbonyl (C=O) groups excluding carboxylic acids is 1. The average Bonchev–Trinajstić information content (AvgIpc) is 3.03. The van der Waals surface area contributed by atoms with Crippen molar-refractivity contribution in [1.82, 2.24) is 9.80 Å². The van der Waals surface area contributed by atoms with Gasteiger partial charge >= 0.3 is 0 Å². The normalized spacial score (nSPS) is 20.8. The lowest BCUT2D eigenvalue weighted by molar-refractivity contribution is -0.0177. The Labute approximate surface area is 274 Å². The van der Waals surface area contributed by atoms with Gasteiger partial charge in [-0.05, 0) is 83.0 Å². The summed E-state index contributed by atoms with van der Waals surface area (Å²) in [5, 5.41) is 10.2. The van der Waals surface area contributed by atoms with E-state index in [1.165, 1.54) is 11.6 Å². The third kappa shape index (κ3) is 9.78. The molecule has 4 atom stereocenters. The first kappa shape index (κ1) is 35.4. The van der Waals surface area contributed by atoms with Gasteiger partial charge in [-0.3, -0.25) is 14.4 Å². The summed E-state index contributed by atoms with van der Waals surface area (Å²) in [7, 11) is -1.82. The monoisotopic (exact) mass is 651 g/mol. The molecule has 1 aliphatic heterocycles. The molecule has 0 unspecified atom stereocenters. The van der Waals surface area contributed by atoms with E-state index in [-0.39, 0.29) is 46.8 Å². The fourth-order valence-electron chi connectivity index (χ4n) is 5.65. The molecule has 0 radical (unpaired) electrons. The van der Waals surface area contributed by atoms with E-state index in [4.69, 9.17) is 9.47 Å². The second kappa shape index (κ2) is 16.4. The van der Waals surface area contributed by atoms with Crippen LogP contribution in [0, 0.1) is 12.8 Å². The quantitative estimate of drug-likeness (QED) is 0.305. The van der Waals surface area contributed by atoms with E-state index in [9.17, 15) is 18.3 Å². The Balaban J connectivity index is 1.64. The molecule has 0 aliphatic carbocycles. The van der Waals surface area contributed by atoms with E-state index in [1.807, 2.05) is 32.0 Å². The summed E-state index contributed by atoms with van der Waals surface area (Å²) >= 11 is 0. The molecule has 10 heteroatoms. The number of aliphatic hydroxyl groups excluding tert-OH is 1. The molecular formula is C36H49N3O6S. The zero-order valence-electron chi connectivity index (χ0n) is 27.7. The summed E-state index contributed by atoms with van der Waals surface area (Å²) in [5.41, 5.74) is 2.64. The molecular weight excluding hydrogens is 602 g/mol. The number of hydrogen-bond donors (Lipinski definition) is 2. The topological polar surface area (TPSA) is 108 Å². The third-order valence-corrected chi connectivity index (χ3v) is 9.82. The minimum atomic E-state index is -3.90. The Morgan fingerprint density at radius 3 is 2.46 bits per heavy atom. The second-order valence-electron chi connectivity index (χ2n) is 12.6. The van der Waals surface area contributed by atoms with Crippen LogP contribution in [0.25, 0.3) is 0 Å². The summed E-state index contributed by atoms with van der Waals surface area (Å²) in [4.78, 5) is 18.4. The molecule has 1 heterocycles. The van der Waals surface area contributed by atoms with Crippen LogP contribution in [0.2, 0.25) is 0 Å². The van der Waals surface area contributed by atoms with Crippen molar-refractivity contribution in [1.29, 1.82) is 0 Å². The standard InChI is InChI=1S/C36H49N3O6S/c1-26-14-17-32(18-15-26)46(42,43)37-31-16-19-34-33(21-31)36(41)39(28(3)25-40)22-27(2)35(44-20-10-9-11-29(4)45-34)24-38(5)23-30-12-7-6-8-13-30/h6-8,12-19,21,27-29,35,37,40H,9-11,20,22-25H2,1-5H3/t27-,28+,29-,35+/m1/s1. The van der Waals surface area contributed by atoms with Crippen LogP contribution < -0.4 is 9.46 Å². The molecule has 0 aromatic heterocycles. The van der Waals surface area contributed by atoms with Crippen LogP contribution in [0.5, 0.6) is 5.75 Å². The number of sulfonamides is 1. The van der Waals surface area contributed by atoms with Gasteiger partial charge in [0, 0.05) is 37.8 Å². The molecule has 1 aliphatic rings. The third-order valence-electron chi connectivity index (χ3n) is 8.42. The van der Waals surface area contributed by atoms with Crippen LogP contribution in [-0.2, 0) is 21.3 Å². The van der Waals surface area contributed by atoms with E-state index in [2.05, 4.69) is 35.7 Å². The lowest BCUT2D eigenvalue weighted by Crippen LogP contribution is -2.47. The van der Waals surface area contributed by atoms with Crippen molar-refractivity contribution in [2.75, 3.05) is 38.1 Å². The largest absolute Gasteiger partial charge is 0.490 e. The van der Waals surface area contributed by atoms with Gasteiger partial charge in [-0.15, -0.1) is 0 Å². The number of benzene rings is 3. The first-order valence-electron chi connectivity index (χ1n) is 16.1. The molecule has 3 aromatic carbocycles. The average molecular weight is 652 g/mol. The van der Waals surface area contributed by atoms with E-state index >= 15 is 0 Å². The van der Waals surface area contributed by atoms with Gasteiger partial charge in [-0.2, -0.15) is 0 Å². The van der Waals surface area contributed by atoms with E-state index < -0.39 is 16.1 Å². The van der Waals surface area contributed by atoms with Gasteiger partial charge in [-0.1, -0.05) is 55.0 Å². The van der Waals surface area contributed by atoms with Crippen molar-refractivity contribution in [3.63, 3.8) is 0 Å². The van der Waals surface area contributed by atoms with Crippen molar-refractivity contribution in [2.45, 2.75) is 76.6 Å². The van der Waals surface area contributed by atoms with Crippen molar-refractivity contribution in [2.24, 2.45) is 5.92 Å². The van der Waals surface area contributed by atoms with Crippen LogP contribution >= 0.6 is 0 Å². The molecule has 0 saturated carbocycles. The molecule has 46 heavy (non-hydrogen) atoms. The molecule has 9 nitrogen and oxygen atoms in total. The smallest absolute Gasteiger partial charge is 0.261 e. The highest BCUT2D eigenvalue weighted by molar-refractivity contribution is 7.92. The highest BCUT2D eigenvalue weighted by atomic mass is 32.2. The number of likely N-dealkylation sites (N-methyl/N-ethyl adjacent to an activating group) is 1. The first-order valence-corrected chi connectivity index (χ1v) is 17.6. The molecule has 3 aromatic rings. The van der Waals surface area contributed by atoms with Crippen molar-refractivity contribution >= 4 is 21.6 Å². The highest BCUT2D eigenvalue weighted by Gasteiger charge is 2.30. The minimum Gasteiger partial charge on any atom is -0.490 e. The summed E-state index contributed by atoms with van der Waals surface area (Å²) in [6.45, 7) is 9.88. The number of rotatable bonds is 9. The maximum Gasteiger partial charge on any atom is 0.261 e. The molecule has 2 N–H and O–H groups in total. The predicted molar refractivity (Wildman–Crippen MR) is 182 cm³/mol. The summed E-state index contributed by atoms with van der Waals surface area (Å²) < 4.78 is 41.8. The molecule has 0 spiro atoms. The summed E-state index contributed by atoms with van der Waals surface area (Å²) in [6.07, 6.45) is 2.21. The van der Waals surface area contributed by atoms with Gasteiger partial charge in [0.25, 0.3) is 15.9 Å². The number of aliphatic hydroxyl groups is 1.